The molecule has 1 saturated heterocycles. The van der Waals surface area contributed by atoms with Crippen molar-refractivity contribution in [3.63, 3.8) is 0 Å². The Labute approximate surface area is 101 Å². The number of rotatable bonds is 2. The van der Waals surface area contributed by atoms with E-state index in [1.807, 2.05) is 6.07 Å². The Hall–Kier alpha value is -1.36. The highest BCUT2D eigenvalue weighted by Gasteiger charge is 2.42. The first-order chi connectivity index (χ1) is 8.18. The molecule has 2 heterocycles. The second-order valence-electron chi connectivity index (χ2n) is 5.31. The normalized spacial score (nSPS) is 31.6. The summed E-state index contributed by atoms with van der Waals surface area (Å²) >= 11 is 0. The predicted octanol–water partition coefficient (Wildman–Crippen LogP) is 0.803. The molecule has 1 aliphatic heterocycles. The van der Waals surface area contributed by atoms with E-state index in [-0.39, 0.29) is 5.54 Å². The number of aromatic nitrogens is 2. The van der Waals surface area contributed by atoms with Gasteiger partial charge in [-0.15, -0.1) is 5.10 Å². The van der Waals surface area contributed by atoms with Gasteiger partial charge in [0.15, 0.2) is 0 Å². The van der Waals surface area contributed by atoms with Crippen molar-refractivity contribution in [3.8, 4) is 5.88 Å². The van der Waals surface area contributed by atoms with E-state index in [4.69, 9.17) is 10.5 Å². The van der Waals surface area contributed by atoms with Crippen molar-refractivity contribution >= 4 is 5.69 Å². The lowest BCUT2D eigenvalue weighted by Gasteiger charge is -2.39. The van der Waals surface area contributed by atoms with E-state index in [1.54, 1.807) is 13.3 Å². The minimum atomic E-state index is -0.000574. The lowest BCUT2D eigenvalue weighted by atomic mass is 9.92. The van der Waals surface area contributed by atoms with Crippen molar-refractivity contribution < 1.29 is 4.74 Å². The van der Waals surface area contributed by atoms with Crippen LogP contribution in [0.1, 0.15) is 19.3 Å². The molecule has 0 radical (unpaired) electrons. The number of fused-ring (bicyclic) bond motifs is 2. The molecule has 1 saturated carbocycles. The zero-order valence-electron chi connectivity index (χ0n) is 10.1. The summed E-state index contributed by atoms with van der Waals surface area (Å²) in [5, 5.41) is 7.86. The van der Waals surface area contributed by atoms with Gasteiger partial charge in [-0.3, -0.25) is 0 Å². The van der Waals surface area contributed by atoms with Crippen molar-refractivity contribution in [2.45, 2.75) is 24.8 Å². The molecule has 0 amide bonds. The fraction of sp³-hybridized carbons (Fsp3) is 0.667. The monoisotopic (exact) mass is 234 g/mol. The lowest BCUT2D eigenvalue weighted by molar-refractivity contribution is 0.361. The number of nitrogens with two attached hydrogens (primary N) is 1. The maximum absolute atomic E-state index is 6.39. The van der Waals surface area contributed by atoms with Crippen molar-refractivity contribution in [3.05, 3.63) is 12.3 Å². The van der Waals surface area contributed by atoms with E-state index >= 15 is 0 Å². The van der Waals surface area contributed by atoms with Gasteiger partial charge in [0.2, 0.25) is 5.88 Å². The summed E-state index contributed by atoms with van der Waals surface area (Å²) in [7, 11) is 1.61. The van der Waals surface area contributed by atoms with Crippen LogP contribution in [-0.4, -0.2) is 35.9 Å². The molecule has 1 aliphatic carbocycles. The lowest BCUT2D eigenvalue weighted by Crippen LogP contribution is -2.52. The van der Waals surface area contributed by atoms with Crippen molar-refractivity contribution in [2.24, 2.45) is 11.7 Å². The fourth-order valence-electron chi connectivity index (χ4n) is 3.13. The molecular weight excluding hydrogens is 216 g/mol. The standard InChI is InChI=1S/C12H18N4O/c1-17-11-4-10(6-14-15-11)16-7-9-2-3-12(13,5-9)8-16/h4,6,9H,2-3,5,7-8,13H2,1H3/t9-,12+/m0/s1. The van der Waals surface area contributed by atoms with Gasteiger partial charge in [-0.2, -0.15) is 5.10 Å². The Morgan fingerprint density at radius 3 is 3.24 bits per heavy atom. The predicted molar refractivity (Wildman–Crippen MR) is 65.1 cm³/mol. The van der Waals surface area contributed by atoms with E-state index in [0.717, 1.165) is 31.1 Å². The van der Waals surface area contributed by atoms with Crippen LogP contribution in [0.15, 0.2) is 12.3 Å². The Morgan fingerprint density at radius 1 is 1.59 bits per heavy atom. The molecule has 92 valence electrons. The Bertz CT molecular complexity index is 425. The molecule has 5 nitrogen and oxygen atoms in total. The molecule has 2 atom stereocenters. The maximum atomic E-state index is 6.39. The SMILES string of the molecule is COc1cc(N2C[C@H]3CC[C@@](N)(C3)C2)cnn1. The molecule has 0 unspecified atom stereocenters. The number of methoxy groups -OCH3 is 1. The van der Waals surface area contributed by atoms with Crippen molar-refractivity contribution in [1.29, 1.82) is 0 Å². The zero-order valence-corrected chi connectivity index (χ0v) is 10.1. The zero-order chi connectivity index (χ0) is 11.9. The molecule has 2 bridgehead atoms. The first-order valence-corrected chi connectivity index (χ1v) is 6.09. The Balaban J connectivity index is 1.84. The molecule has 0 aromatic carbocycles. The van der Waals surface area contributed by atoms with Crippen LogP contribution in [0.4, 0.5) is 5.69 Å². The topological polar surface area (TPSA) is 64.3 Å². The van der Waals surface area contributed by atoms with E-state index in [0.29, 0.717) is 5.88 Å². The molecule has 2 fully saturated rings. The van der Waals surface area contributed by atoms with Gasteiger partial charge in [0, 0.05) is 24.7 Å². The van der Waals surface area contributed by atoms with Gasteiger partial charge in [0.25, 0.3) is 0 Å². The van der Waals surface area contributed by atoms with Crippen LogP contribution < -0.4 is 15.4 Å². The summed E-state index contributed by atoms with van der Waals surface area (Å²) < 4.78 is 5.11. The van der Waals surface area contributed by atoms with Gasteiger partial charge in [0.1, 0.15) is 0 Å². The van der Waals surface area contributed by atoms with Crippen LogP contribution in [0.5, 0.6) is 5.88 Å². The molecule has 1 aromatic rings. The van der Waals surface area contributed by atoms with Gasteiger partial charge in [-0.05, 0) is 25.2 Å². The van der Waals surface area contributed by atoms with Crippen LogP contribution in [0.25, 0.3) is 0 Å². The summed E-state index contributed by atoms with van der Waals surface area (Å²) in [5.74, 6) is 1.29. The third-order valence-electron chi connectivity index (χ3n) is 3.92. The number of hydrogen-bond acceptors (Lipinski definition) is 5. The number of hydrogen-bond donors (Lipinski definition) is 1. The second-order valence-corrected chi connectivity index (χ2v) is 5.31. The van der Waals surface area contributed by atoms with Gasteiger partial charge >= 0.3 is 0 Å². The molecule has 5 heteroatoms. The molecule has 1 aromatic heterocycles. The highest BCUT2D eigenvalue weighted by Crippen LogP contribution is 2.39. The summed E-state index contributed by atoms with van der Waals surface area (Å²) in [6.07, 6.45) is 5.35. The number of anilines is 1. The van der Waals surface area contributed by atoms with Crippen LogP contribution in [0.3, 0.4) is 0 Å². The highest BCUT2D eigenvalue weighted by atomic mass is 16.5. The molecule has 2 N–H and O–H groups in total. The van der Waals surface area contributed by atoms with Crippen molar-refractivity contribution in [2.75, 3.05) is 25.1 Å². The van der Waals surface area contributed by atoms with E-state index < -0.39 is 0 Å². The summed E-state index contributed by atoms with van der Waals surface area (Å²) in [4.78, 5) is 2.32. The minimum absolute atomic E-state index is 0.000574. The van der Waals surface area contributed by atoms with E-state index in [2.05, 4.69) is 15.1 Å². The smallest absolute Gasteiger partial charge is 0.235 e. The average Bonchev–Trinajstić information content (AvgIpc) is 2.63. The van der Waals surface area contributed by atoms with Crippen LogP contribution in [-0.2, 0) is 0 Å². The van der Waals surface area contributed by atoms with Crippen LogP contribution in [0, 0.1) is 5.92 Å². The quantitative estimate of drug-likeness (QED) is 0.820. The first kappa shape index (κ1) is 10.8. The largest absolute Gasteiger partial charge is 0.480 e. The molecule has 2 aliphatic rings. The first-order valence-electron chi connectivity index (χ1n) is 6.09. The summed E-state index contributed by atoms with van der Waals surface area (Å²) in [6.45, 7) is 1.99. The Kier molecular flexibility index (Phi) is 2.43. The highest BCUT2D eigenvalue weighted by molar-refractivity contribution is 5.47. The fourth-order valence-corrected chi connectivity index (χ4v) is 3.13. The molecular formula is C12H18N4O. The number of nitrogens with zero attached hydrogens (tertiary/aromatic N) is 3. The summed E-state index contributed by atoms with van der Waals surface area (Å²) in [5.41, 5.74) is 7.46. The average molecular weight is 234 g/mol. The van der Waals surface area contributed by atoms with Gasteiger partial charge < -0.3 is 15.4 Å². The van der Waals surface area contributed by atoms with Crippen LogP contribution >= 0.6 is 0 Å². The molecule has 17 heavy (non-hydrogen) atoms. The second kappa shape index (κ2) is 3.84. The molecule has 3 rings (SSSR count). The minimum Gasteiger partial charge on any atom is -0.480 e. The van der Waals surface area contributed by atoms with Crippen molar-refractivity contribution in [1.82, 2.24) is 10.2 Å². The third kappa shape index (κ3) is 1.95. The molecule has 0 spiro atoms. The third-order valence-corrected chi connectivity index (χ3v) is 3.92. The number of ether oxygens (including phenoxy) is 1. The van der Waals surface area contributed by atoms with E-state index in [1.165, 1.54) is 12.8 Å². The van der Waals surface area contributed by atoms with Gasteiger partial charge in [-0.1, -0.05) is 0 Å². The number of piperidine rings is 1. The van der Waals surface area contributed by atoms with E-state index in [9.17, 15) is 0 Å². The maximum Gasteiger partial charge on any atom is 0.235 e. The Morgan fingerprint density at radius 2 is 2.47 bits per heavy atom. The van der Waals surface area contributed by atoms with Gasteiger partial charge in [-0.25, -0.2) is 0 Å². The van der Waals surface area contributed by atoms with Gasteiger partial charge in [0.05, 0.1) is 19.0 Å². The summed E-state index contributed by atoms with van der Waals surface area (Å²) in [6, 6.07) is 1.93. The van der Waals surface area contributed by atoms with Crippen LogP contribution in [0.2, 0.25) is 0 Å².